The van der Waals surface area contributed by atoms with Gasteiger partial charge in [-0.25, -0.2) is 4.39 Å². The molecule has 2 saturated heterocycles. The van der Waals surface area contributed by atoms with Gasteiger partial charge in [0.15, 0.2) is 6.19 Å². The van der Waals surface area contributed by atoms with E-state index in [0.29, 0.717) is 18.0 Å². The third-order valence-corrected chi connectivity index (χ3v) is 5.96. The van der Waals surface area contributed by atoms with Gasteiger partial charge in [-0.1, -0.05) is 19.1 Å². The Kier molecular flexibility index (Phi) is 4.55. The fourth-order valence-electron chi connectivity index (χ4n) is 4.40. The summed E-state index contributed by atoms with van der Waals surface area (Å²) < 4.78 is 13.2. The predicted octanol–water partition coefficient (Wildman–Crippen LogP) is 4.21. The third kappa shape index (κ3) is 3.36. The van der Waals surface area contributed by atoms with Gasteiger partial charge in [0.1, 0.15) is 12.0 Å². The third-order valence-electron chi connectivity index (χ3n) is 5.96. The number of anilines is 2. The minimum Gasteiger partial charge on any atom is -0.354 e. The summed E-state index contributed by atoms with van der Waals surface area (Å²) in [4.78, 5) is 20.6. The number of halogens is 1. The lowest BCUT2D eigenvalue weighted by atomic mass is 10.0. The van der Waals surface area contributed by atoms with Crippen LogP contribution in [0, 0.1) is 23.2 Å². The SMILES string of the molecule is CC1CN(C#N)C2[C@@H]1N2C(=O)c1ccc(-c2ccncc2Nc2ccc(F)cc2)cc1. The summed E-state index contributed by atoms with van der Waals surface area (Å²) in [7, 11) is 0. The molecular formula is C24H20FN5O. The van der Waals surface area contributed by atoms with Gasteiger partial charge in [-0.3, -0.25) is 14.7 Å². The molecule has 0 bridgehead atoms. The zero-order chi connectivity index (χ0) is 21.5. The zero-order valence-electron chi connectivity index (χ0n) is 16.9. The Bertz CT molecular complexity index is 1170. The molecule has 2 aliphatic heterocycles. The lowest BCUT2D eigenvalue weighted by molar-refractivity contribution is 0.0816. The Morgan fingerprint density at radius 2 is 1.90 bits per heavy atom. The van der Waals surface area contributed by atoms with Crippen molar-refractivity contribution in [3.63, 3.8) is 0 Å². The highest BCUT2D eigenvalue weighted by atomic mass is 19.1. The van der Waals surface area contributed by atoms with Gasteiger partial charge in [-0.05, 0) is 53.9 Å². The lowest BCUT2D eigenvalue weighted by Crippen LogP contribution is -2.30. The summed E-state index contributed by atoms with van der Waals surface area (Å²) in [6, 6.07) is 15.6. The van der Waals surface area contributed by atoms with Gasteiger partial charge in [0.05, 0.1) is 17.9 Å². The van der Waals surface area contributed by atoms with Crippen molar-refractivity contribution in [1.82, 2.24) is 14.8 Å². The molecule has 1 N–H and O–H groups in total. The van der Waals surface area contributed by atoms with E-state index in [2.05, 4.69) is 23.4 Å². The Labute approximate surface area is 179 Å². The maximum Gasteiger partial charge on any atom is 0.255 e. The maximum absolute atomic E-state index is 13.2. The lowest BCUT2D eigenvalue weighted by Gasteiger charge is -2.17. The van der Waals surface area contributed by atoms with Crippen LogP contribution in [0.4, 0.5) is 15.8 Å². The number of rotatable bonds is 4. The first kappa shape index (κ1) is 19.1. The number of carbonyl (C=O) groups excluding carboxylic acids is 1. The number of nitrogens with zero attached hydrogens (tertiary/aromatic N) is 4. The van der Waals surface area contributed by atoms with E-state index < -0.39 is 0 Å². The number of nitriles is 1. The summed E-state index contributed by atoms with van der Waals surface area (Å²) in [6.45, 7) is 2.78. The van der Waals surface area contributed by atoms with Crippen molar-refractivity contribution >= 4 is 17.3 Å². The van der Waals surface area contributed by atoms with Crippen molar-refractivity contribution in [2.45, 2.75) is 19.1 Å². The molecule has 1 aromatic heterocycles. The number of fused-ring (bicyclic) bond motifs is 1. The molecule has 2 aromatic carbocycles. The van der Waals surface area contributed by atoms with Crippen molar-refractivity contribution in [2.24, 2.45) is 5.92 Å². The van der Waals surface area contributed by atoms with Gasteiger partial charge in [0.2, 0.25) is 0 Å². The van der Waals surface area contributed by atoms with Crippen molar-refractivity contribution in [1.29, 1.82) is 5.26 Å². The summed E-state index contributed by atoms with van der Waals surface area (Å²) in [6.07, 6.45) is 5.51. The van der Waals surface area contributed by atoms with Crippen molar-refractivity contribution in [2.75, 3.05) is 11.9 Å². The first-order valence-corrected chi connectivity index (χ1v) is 10.1. The largest absolute Gasteiger partial charge is 0.354 e. The average Bonchev–Trinajstić information content (AvgIpc) is 3.46. The van der Waals surface area contributed by atoms with Gasteiger partial charge in [-0.2, -0.15) is 5.26 Å². The van der Waals surface area contributed by atoms with E-state index in [9.17, 15) is 14.4 Å². The molecule has 3 aromatic rings. The van der Waals surface area contributed by atoms with Crippen molar-refractivity contribution < 1.29 is 9.18 Å². The second-order valence-corrected chi connectivity index (χ2v) is 7.98. The number of pyridine rings is 1. The second-order valence-electron chi connectivity index (χ2n) is 7.98. The standard InChI is InChI=1S/C24H20FN5O/c1-15-13-29(14-26)23-22(15)30(23)24(31)17-4-2-16(3-5-17)20-10-11-27-12-21(20)28-19-8-6-18(25)7-9-19/h2-12,15,22-23,28H,13H2,1H3/t15?,22-,23?,30?/m1/s1. The minimum absolute atomic E-state index is 0.0484. The number of aromatic nitrogens is 1. The van der Waals surface area contributed by atoms with E-state index in [4.69, 9.17) is 0 Å². The van der Waals surface area contributed by atoms with Crippen molar-refractivity contribution in [3.05, 3.63) is 78.4 Å². The van der Waals surface area contributed by atoms with E-state index in [1.54, 1.807) is 34.3 Å². The Morgan fingerprint density at radius 3 is 2.61 bits per heavy atom. The highest BCUT2D eigenvalue weighted by molar-refractivity contribution is 5.97. The number of amides is 1. The van der Waals surface area contributed by atoms with Crippen LogP contribution >= 0.6 is 0 Å². The molecule has 7 heteroatoms. The number of carbonyl (C=O) groups is 1. The predicted molar refractivity (Wildman–Crippen MR) is 115 cm³/mol. The summed E-state index contributed by atoms with van der Waals surface area (Å²) in [5.41, 5.74) is 4.00. The molecule has 3 heterocycles. The number of hydrogen-bond donors (Lipinski definition) is 1. The first-order valence-electron chi connectivity index (χ1n) is 10.1. The monoisotopic (exact) mass is 413 g/mol. The topological polar surface area (TPSA) is 72.0 Å². The molecule has 154 valence electrons. The van der Waals surface area contributed by atoms with E-state index in [0.717, 1.165) is 22.5 Å². The van der Waals surface area contributed by atoms with Gasteiger partial charge in [0.25, 0.3) is 5.91 Å². The van der Waals surface area contributed by atoms with E-state index >= 15 is 0 Å². The molecule has 0 saturated carbocycles. The molecule has 0 spiro atoms. The smallest absolute Gasteiger partial charge is 0.255 e. The summed E-state index contributed by atoms with van der Waals surface area (Å²) in [5.74, 6) is -0.0439. The van der Waals surface area contributed by atoms with Crippen LogP contribution in [0.1, 0.15) is 17.3 Å². The van der Waals surface area contributed by atoms with Gasteiger partial charge >= 0.3 is 0 Å². The number of likely N-dealkylation sites (tertiary alicyclic amines) is 1. The highest BCUT2D eigenvalue weighted by Gasteiger charge is 2.61. The van der Waals surface area contributed by atoms with Crippen LogP contribution in [-0.4, -0.2) is 39.4 Å². The summed E-state index contributed by atoms with van der Waals surface area (Å²) in [5, 5.41) is 12.5. The molecule has 1 amide bonds. The van der Waals surface area contributed by atoms with Crippen molar-refractivity contribution in [3.8, 4) is 17.3 Å². The number of benzene rings is 2. The van der Waals surface area contributed by atoms with Crippen LogP contribution in [0.3, 0.4) is 0 Å². The molecule has 31 heavy (non-hydrogen) atoms. The molecule has 2 fully saturated rings. The zero-order valence-corrected chi connectivity index (χ0v) is 16.9. The maximum atomic E-state index is 13.2. The van der Waals surface area contributed by atoms with Crippen LogP contribution in [0.5, 0.6) is 0 Å². The molecule has 5 rings (SSSR count). The molecule has 2 aliphatic rings. The normalized spacial score (nSPS) is 21.4. The molecule has 2 unspecified atom stereocenters. The number of hydrogen-bond acceptors (Lipinski definition) is 5. The van der Waals surface area contributed by atoms with Crippen LogP contribution < -0.4 is 5.32 Å². The molecule has 0 radical (unpaired) electrons. The van der Waals surface area contributed by atoms with Crippen LogP contribution in [0.2, 0.25) is 0 Å². The fraction of sp³-hybridized carbons (Fsp3) is 0.208. The van der Waals surface area contributed by atoms with E-state index in [-0.39, 0.29) is 23.9 Å². The summed E-state index contributed by atoms with van der Waals surface area (Å²) >= 11 is 0. The molecular weight excluding hydrogens is 393 g/mol. The minimum atomic E-state index is -0.292. The Hall–Kier alpha value is -3.92. The van der Waals surface area contributed by atoms with Crippen LogP contribution in [-0.2, 0) is 0 Å². The Morgan fingerprint density at radius 1 is 1.16 bits per heavy atom. The van der Waals surface area contributed by atoms with Gasteiger partial charge in [-0.15, -0.1) is 0 Å². The second kappa shape index (κ2) is 7.40. The van der Waals surface area contributed by atoms with Crippen LogP contribution in [0.15, 0.2) is 67.0 Å². The quantitative estimate of drug-likeness (QED) is 0.512. The van der Waals surface area contributed by atoms with E-state index in [1.807, 2.05) is 30.3 Å². The first-order chi connectivity index (χ1) is 15.1. The average molecular weight is 413 g/mol. The number of nitrogens with one attached hydrogen (secondary N) is 1. The van der Waals surface area contributed by atoms with Gasteiger partial charge < -0.3 is 10.2 Å². The fourth-order valence-corrected chi connectivity index (χ4v) is 4.40. The van der Waals surface area contributed by atoms with Gasteiger partial charge in [0, 0.05) is 29.6 Å². The molecule has 3 atom stereocenters. The molecule has 6 nitrogen and oxygen atoms in total. The van der Waals surface area contributed by atoms with E-state index in [1.165, 1.54) is 12.1 Å². The highest BCUT2D eigenvalue weighted by Crippen LogP contribution is 2.44. The van der Waals surface area contributed by atoms with Crippen LogP contribution in [0.25, 0.3) is 11.1 Å². The molecule has 0 aliphatic carbocycles. The Balaban J connectivity index is 1.36.